The normalized spacial score (nSPS) is 18.4. The average molecular weight is 378 g/mol. The molecule has 5 heteroatoms. The second-order valence-corrected chi connectivity index (χ2v) is 7.63. The van der Waals surface area contributed by atoms with Crippen LogP contribution in [-0.4, -0.2) is 29.8 Å². The lowest BCUT2D eigenvalue weighted by molar-refractivity contribution is -0.120. The third-order valence-corrected chi connectivity index (χ3v) is 5.65. The van der Waals surface area contributed by atoms with E-state index in [0.29, 0.717) is 28.4 Å². The Morgan fingerprint density at radius 3 is 2.21 bits per heavy atom. The fraction of sp³-hybridized carbons (Fsp3) is 0.304. The molecule has 0 aromatic heterocycles. The van der Waals surface area contributed by atoms with Gasteiger partial charge in [-0.25, -0.2) is 9.29 Å². The zero-order chi connectivity index (χ0) is 19.8. The summed E-state index contributed by atoms with van der Waals surface area (Å²) in [7, 11) is 0. The van der Waals surface area contributed by atoms with Gasteiger partial charge >= 0.3 is 0 Å². The van der Waals surface area contributed by atoms with Gasteiger partial charge in [-0.3, -0.25) is 9.59 Å². The van der Waals surface area contributed by atoms with Gasteiger partial charge < -0.3 is 4.90 Å². The first-order valence-electron chi connectivity index (χ1n) is 9.67. The number of aryl methyl sites for hydroxylation is 1. The molecule has 4 nitrogen and oxygen atoms in total. The maximum atomic E-state index is 13.4. The lowest BCUT2D eigenvalue weighted by Crippen LogP contribution is -2.38. The first kappa shape index (κ1) is 18.4. The zero-order valence-electron chi connectivity index (χ0n) is 16.1. The van der Waals surface area contributed by atoms with E-state index in [1.54, 1.807) is 18.2 Å². The molecule has 0 aliphatic carbocycles. The number of carbonyl (C=O) groups excluding carboxylic acids is 2. The summed E-state index contributed by atoms with van der Waals surface area (Å²) in [6.07, 6.45) is 1.96. The Morgan fingerprint density at radius 2 is 1.57 bits per heavy atom. The van der Waals surface area contributed by atoms with Crippen LogP contribution in [0, 0.1) is 18.7 Å². The van der Waals surface area contributed by atoms with Crippen LogP contribution < -0.4 is 4.90 Å². The Morgan fingerprint density at radius 1 is 0.929 bits per heavy atom. The lowest BCUT2D eigenvalue weighted by Gasteiger charge is -2.32. The van der Waals surface area contributed by atoms with E-state index < -0.39 is 0 Å². The fourth-order valence-electron chi connectivity index (χ4n) is 3.95. The molecule has 2 aromatic rings. The number of piperidine rings is 1. The molecule has 0 spiro atoms. The van der Waals surface area contributed by atoms with Crippen molar-refractivity contribution in [2.45, 2.75) is 26.7 Å². The summed E-state index contributed by atoms with van der Waals surface area (Å²) in [5.74, 6) is -0.413. The van der Waals surface area contributed by atoms with Crippen LogP contribution in [0.25, 0.3) is 5.57 Å². The van der Waals surface area contributed by atoms with Gasteiger partial charge in [-0.2, -0.15) is 0 Å². The Kier molecular flexibility index (Phi) is 4.75. The number of imide groups is 1. The minimum absolute atomic E-state index is 0.298. The van der Waals surface area contributed by atoms with E-state index in [2.05, 4.69) is 6.92 Å². The Labute approximate surface area is 164 Å². The van der Waals surface area contributed by atoms with Crippen molar-refractivity contribution >= 4 is 23.1 Å². The highest BCUT2D eigenvalue weighted by Gasteiger charge is 2.43. The van der Waals surface area contributed by atoms with Crippen LogP contribution >= 0.6 is 0 Å². The number of amides is 2. The molecule has 2 heterocycles. The maximum absolute atomic E-state index is 13.4. The van der Waals surface area contributed by atoms with Crippen LogP contribution in [-0.2, 0) is 9.59 Å². The van der Waals surface area contributed by atoms with Gasteiger partial charge in [-0.05, 0) is 55.0 Å². The second-order valence-electron chi connectivity index (χ2n) is 7.63. The van der Waals surface area contributed by atoms with Gasteiger partial charge in [0.15, 0.2) is 0 Å². The molecule has 144 valence electrons. The third kappa shape index (κ3) is 3.11. The first-order valence-corrected chi connectivity index (χ1v) is 9.67. The van der Waals surface area contributed by atoms with Crippen molar-refractivity contribution in [3.05, 3.63) is 71.2 Å². The molecule has 2 aliphatic heterocycles. The van der Waals surface area contributed by atoms with E-state index in [1.807, 2.05) is 30.0 Å². The minimum Gasteiger partial charge on any atom is -0.366 e. The van der Waals surface area contributed by atoms with Crippen LogP contribution in [0.1, 0.15) is 30.9 Å². The van der Waals surface area contributed by atoms with Crippen molar-refractivity contribution in [3.8, 4) is 0 Å². The summed E-state index contributed by atoms with van der Waals surface area (Å²) in [4.78, 5) is 30.1. The second kappa shape index (κ2) is 7.23. The summed E-state index contributed by atoms with van der Waals surface area (Å²) >= 11 is 0. The highest BCUT2D eigenvalue weighted by Crippen LogP contribution is 2.37. The summed E-state index contributed by atoms with van der Waals surface area (Å²) in [5.41, 5.74) is 2.83. The molecule has 28 heavy (non-hydrogen) atoms. The van der Waals surface area contributed by atoms with Crippen LogP contribution in [0.4, 0.5) is 10.1 Å². The molecule has 1 saturated heterocycles. The van der Waals surface area contributed by atoms with E-state index in [-0.39, 0.29) is 17.6 Å². The number of hydrogen-bond donors (Lipinski definition) is 0. The molecule has 0 radical (unpaired) electrons. The summed E-state index contributed by atoms with van der Waals surface area (Å²) in [6.45, 7) is 5.56. The number of hydrogen-bond acceptors (Lipinski definition) is 3. The van der Waals surface area contributed by atoms with Gasteiger partial charge in [0.25, 0.3) is 11.8 Å². The minimum atomic E-state index is -0.370. The first-order chi connectivity index (χ1) is 13.5. The monoisotopic (exact) mass is 378 g/mol. The van der Waals surface area contributed by atoms with Crippen LogP contribution in [0.2, 0.25) is 0 Å². The van der Waals surface area contributed by atoms with Gasteiger partial charge in [-0.1, -0.05) is 37.3 Å². The van der Waals surface area contributed by atoms with Crippen molar-refractivity contribution < 1.29 is 14.0 Å². The standard InChI is InChI=1S/C23H23FN2O2/c1-15-11-13-25(14-12-15)21-20(17-7-9-18(24)10-8-17)22(27)26(23(21)28)19-6-4-3-5-16(19)2/h3-10,15H,11-14H2,1-2H3. The van der Waals surface area contributed by atoms with Crippen LogP contribution in [0.15, 0.2) is 54.2 Å². The van der Waals surface area contributed by atoms with Gasteiger partial charge in [0.05, 0.1) is 11.3 Å². The maximum Gasteiger partial charge on any atom is 0.282 e. The topological polar surface area (TPSA) is 40.6 Å². The van der Waals surface area contributed by atoms with E-state index in [9.17, 15) is 14.0 Å². The van der Waals surface area contributed by atoms with Crippen molar-refractivity contribution in [2.24, 2.45) is 5.92 Å². The molecule has 1 fully saturated rings. The zero-order valence-corrected chi connectivity index (χ0v) is 16.1. The number of halogens is 1. The Balaban J connectivity index is 1.82. The van der Waals surface area contributed by atoms with Gasteiger partial charge in [0.2, 0.25) is 0 Å². The van der Waals surface area contributed by atoms with Gasteiger partial charge in [0, 0.05) is 13.1 Å². The predicted octanol–water partition coefficient (Wildman–Crippen LogP) is 4.15. The van der Waals surface area contributed by atoms with E-state index in [4.69, 9.17) is 0 Å². The van der Waals surface area contributed by atoms with Crippen LogP contribution in [0.5, 0.6) is 0 Å². The van der Waals surface area contributed by atoms with Gasteiger partial charge in [-0.15, -0.1) is 0 Å². The quantitative estimate of drug-likeness (QED) is 0.754. The molecule has 0 atom stereocenters. The van der Waals surface area contributed by atoms with E-state index in [0.717, 1.165) is 31.5 Å². The van der Waals surface area contributed by atoms with Crippen molar-refractivity contribution in [2.75, 3.05) is 18.0 Å². The summed E-state index contributed by atoms with van der Waals surface area (Å²) in [6, 6.07) is 13.2. The smallest absolute Gasteiger partial charge is 0.282 e. The lowest BCUT2D eigenvalue weighted by atomic mass is 9.97. The Hall–Kier alpha value is -2.95. The van der Waals surface area contributed by atoms with Crippen molar-refractivity contribution in [1.29, 1.82) is 0 Å². The van der Waals surface area contributed by atoms with Crippen LogP contribution in [0.3, 0.4) is 0 Å². The predicted molar refractivity (Wildman–Crippen MR) is 107 cm³/mol. The third-order valence-electron chi connectivity index (χ3n) is 5.65. The molecule has 0 saturated carbocycles. The molecule has 0 N–H and O–H groups in total. The Bertz CT molecular complexity index is 957. The van der Waals surface area contributed by atoms with E-state index in [1.165, 1.54) is 17.0 Å². The number of benzene rings is 2. The molecular formula is C23H23FN2O2. The molecule has 2 amide bonds. The molecule has 4 rings (SSSR count). The number of rotatable bonds is 3. The van der Waals surface area contributed by atoms with E-state index >= 15 is 0 Å². The highest BCUT2D eigenvalue weighted by molar-refractivity contribution is 6.45. The van der Waals surface area contributed by atoms with Gasteiger partial charge in [0.1, 0.15) is 11.5 Å². The number of anilines is 1. The average Bonchev–Trinajstić information content (AvgIpc) is 2.94. The number of para-hydroxylation sites is 1. The molecule has 0 bridgehead atoms. The summed E-state index contributed by atoms with van der Waals surface area (Å²) in [5, 5.41) is 0. The molecular weight excluding hydrogens is 355 g/mol. The molecule has 0 unspecified atom stereocenters. The number of carbonyl (C=O) groups is 2. The molecule has 2 aliphatic rings. The fourth-order valence-corrected chi connectivity index (χ4v) is 3.95. The van der Waals surface area contributed by atoms with Crippen molar-refractivity contribution in [1.82, 2.24) is 4.90 Å². The number of nitrogens with zero attached hydrogens (tertiary/aromatic N) is 2. The summed E-state index contributed by atoms with van der Waals surface area (Å²) < 4.78 is 13.4. The highest BCUT2D eigenvalue weighted by atomic mass is 19.1. The molecule has 2 aromatic carbocycles. The SMILES string of the molecule is Cc1ccccc1N1C(=O)C(c2ccc(F)cc2)=C(N2CCC(C)CC2)C1=O. The number of likely N-dealkylation sites (tertiary alicyclic amines) is 1. The van der Waals surface area contributed by atoms with Crippen molar-refractivity contribution in [3.63, 3.8) is 0 Å². The largest absolute Gasteiger partial charge is 0.366 e.